The minimum Gasteiger partial charge on any atom is -0.483 e. The molecule has 0 radical (unpaired) electrons. The van der Waals surface area contributed by atoms with E-state index in [1.807, 2.05) is 6.92 Å². The van der Waals surface area contributed by atoms with Crippen molar-refractivity contribution in [3.63, 3.8) is 0 Å². The maximum Gasteiger partial charge on any atom is 0.422 e. The highest BCUT2D eigenvalue weighted by molar-refractivity contribution is 6.03. The van der Waals surface area contributed by atoms with Crippen molar-refractivity contribution in [2.75, 3.05) is 6.61 Å². The van der Waals surface area contributed by atoms with E-state index in [0.717, 1.165) is 18.9 Å². The fraction of sp³-hybridized carbons (Fsp3) is 0.400. The highest BCUT2D eigenvalue weighted by Gasteiger charge is 2.30. The third kappa shape index (κ3) is 4.03. The smallest absolute Gasteiger partial charge is 0.422 e. The second kappa shape index (κ2) is 6.90. The van der Waals surface area contributed by atoms with Crippen LogP contribution in [0.25, 0.3) is 11.0 Å². The van der Waals surface area contributed by atoms with Crippen LogP contribution in [0.1, 0.15) is 35.8 Å². The van der Waals surface area contributed by atoms with Gasteiger partial charge in [-0.2, -0.15) is 13.2 Å². The number of rotatable bonds is 6. The molecule has 9 heteroatoms. The van der Waals surface area contributed by atoms with Crippen molar-refractivity contribution in [2.45, 2.75) is 32.4 Å². The Morgan fingerprint density at radius 1 is 1.38 bits per heavy atom. The van der Waals surface area contributed by atoms with Crippen LogP contribution < -0.4 is 10.3 Å². The Labute approximate surface area is 134 Å². The van der Waals surface area contributed by atoms with Gasteiger partial charge in [-0.3, -0.25) is 4.79 Å². The number of aromatic nitrogens is 2. The Morgan fingerprint density at radius 2 is 2.08 bits per heavy atom. The number of aryl methyl sites for hydroxylation is 1. The average molecular weight is 344 g/mol. The highest BCUT2D eigenvalue weighted by atomic mass is 19.4. The minimum absolute atomic E-state index is 0.160. The number of nitrogens with one attached hydrogen (secondary N) is 1. The summed E-state index contributed by atoms with van der Waals surface area (Å²) < 4.78 is 41.4. The molecule has 2 aromatic rings. The number of hydrogen-bond donors (Lipinski definition) is 2. The van der Waals surface area contributed by atoms with Crippen LogP contribution in [0.2, 0.25) is 0 Å². The number of unbranched alkanes of at least 4 members (excludes halogenated alkanes) is 1. The zero-order chi connectivity index (χ0) is 17.9. The molecule has 0 spiro atoms. The second-order valence-corrected chi connectivity index (χ2v) is 5.16. The standard InChI is InChI=1S/C15H15F3N2O4/c1-2-3-4-9-13(21)20-12-8(19-9)5-6-10(11(12)14(22)23)24-7-15(16,17)18/h5-6H,2-4,7H2,1H3,(H,20,21)(H,22,23). The average Bonchev–Trinajstić information content (AvgIpc) is 2.49. The number of halogens is 3. The van der Waals surface area contributed by atoms with Crippen LogP contribution in [-0.4, -0.2) is 33.8 Å². The Hall–Kier alpha value is -2.58. The molecule has 1 aromatic heterocycles. The molecule has 2 N–H and O–H groups in total. The molecule has 0 saturated carbocycles. The Kier molecular flexibility index (Phi) is 5.10. The Balaban J connectivity index is 2.53. The van der Waals surface area contributed by atoms with Crippen LogP contribution in [0.15, 0.2) is 16.9 Å². The summed E-state index contributed by atoms with van der Waals surface area (Å²) in [6, 6.07) is 2.42. The normalized spacial score (nSPS) is 11.7. The van der Waals surface area contributed by atoms with Crippen molar-refractivity contribution < 1.29 is 27.8 Å². The third-order valence-electron chi connectivity index (χ3n) is 3.27. The first-order chi connectivity index (χ1) is 11.2. The molecule has 0 amide bonds. The van der Waals surface area contributed by atoms with Crippen LogP contribution in [0.4, 0.5) is 13.2 Å². The first-order valence-corrected chi connectivity index (χ1v) is 7.21. The van der Waals surface area contributed by atoms with Gasteiger partial charge >= 0.3 is 12.1 Å². The molecule has 0 aliphatic rings. The highest BCUT2D eigenvalue weighted by Crippen LogP contribution is 2.27. The lowest BCUT2D eigenvalue weighted by molar-refractivity contribution is -0.153. The summed E-state index contributed by atoms with van der Waals surface area (Å²) in [5.41, 5.74) is -0.843. The van der Waals surface area contributed by atoms with Gasteiger partial charge in [-0.25, -0.2) is 9.78 Å². The van der Waals surface area contributed by atoms with Crippen molar-refractivity contribution in [3.05, 3.63) is 33.7 Å². The molecule has 0 bridgehead atoms. The van der Waals surface area contributed by atoms with Crippen molar-refractivity contribution in [1.29, 1.82) is 0 Å². The number of fused-ring (bicyclic) bond motifs is 1. The number of carboxylic acid groups (broad SMARTS) is 1. The van der Waals surface area contributed by atoms with E-state index in [2.05, 4.69) is 14.7 Å². The number of benzene rings is 1. The number of carbonyl (C=O) groups is 1. The van der Waals surface area contributed by atoms with Gasteiger partial charge in [0, 0.05) is 0 Å². The third-order valence-corrected chi connectivity index (χ3v) is 3.27. The molecule has 0 aliphatic heterocycles. The van der Waals surface area contributed by atoms with Gasteiger partial charge in [0.15, 0.2) is 6.61 Å². The number of aromatic amines is 1. The zero-order valence-corrected chi connectivity index (χ0v) is 12.7. The monoisotopic (exact) mass is 344 g/mol. The first-order valence-electron chi connectivity index (χ1n) is 7.21. The molecule has 6 nitrogen and oxygen atoms in total. The predicted octanol–water partition coefficient (Wildman–Crippen LogP) is 2.91. The number of alkyl halides is 3. The summed E-state index contributed by atoms with van der Waals surface area (Å²) >= 11 is 0. The van der Waals surface area contributed by atoms with Gasteiger partial charge in [0.25, 0.3) is 5.56 Å². The van der Waals surface area contributed by atoms with Gasteiger partial charge in [0.2, 0.25) is 0 Å². The molecule has 24 heavy (non-hydrogen) atoms. The fourth-order valence-corrected chi connectivity index (χ4v) is 2.18. The minimum atomic E-state index is -4.61. The molecule has 1 heterocycles. The molecular formula is C15H15F3N2O4. The van der Waals surface area contributed by atoms with Crippen molar-refractivity contribution in [1.82, 2.24) is 9.97 Å². The lowest BCUT2D eigenvalue weighted by atomic mass is 10.1. The summed E-state index contributed by atoms with van der Waals surface area (Å²) in [7, 11) is 0. The quantitative estimate of drug-likeness (QED) is 0.841. The van der Waals surface area contributed by atoms with E-state index in [1.54, 1.807) is 0 Å². The maximum atomic E-state index is 12.3. The van der Waals surface area contributed by atoms with Gasteiger partial charge in [0.05, 0.1) is 11.0 Å². The van der Waals surface area contributed by atoms with Crippen molar-refractivity contribution in [3.8, 4) is 5.75 Å². The first kappa shape index (κ1) is 17.8. The maximum absolute atomic E-state index is 12.3. The van der Waals surface area contributed by atoms with E-state index in [4.69, 9.17) is 0 Å². The van der Waals surface area contributed by atoms with Gasteiger partial charge < -0.3 is 14.8 Å². The molecule has 0 unspecified atom stereocenters. The summed E-state index contributed by atoms with van der Waals surface area (Å²) in [5, 5.41) is 9.28. The summed E-state index contributed by atoms with van der Waals surface area (Å²) in [6.07, 6.45) is -2.60. The number of H-pyrrole nitrogens is 1. The molecule has 130 valence electrons. The number of ether oxygens (including phenoxy) is 1. The van der Waals surface area contributed by atoms with Gasteiger partial charge in [0.1, 0.15) is 17.0 Å². The lowest BCUT2D eigenvalue weighted by Gasteiger charge is -2.13. The molecule has 0 fully saturated rings. The summed E-state index contributed by atoms with van der Waals surface area (Å²) in [5.74, 6) is -2.00. The van der Waals surface area contributed by atoms with E-state index in [-0.39, 0.29) is 16.7 Å². The van der Waals surface area contributed by atoms with E-state index >= 15 is 0 Å². The summed E-state index contributed by atoms with van der Waals surface area (Å²) in [4.78, 5) is 29.9. The zero-order valence-electron chi connectivity index (χ0n) is 12.7. The molecule has 0 saturated heterocycles. The van der Waals surface area contributed by atoms with Crippen LogP contribution >= 0.6 is 0 Å². The van der Waals surface area contributed by atoms with Gasteiger partial charge in [-0.15, -0.1) is 0 Å². The Bertz CT molecular complexity index is 815. The van der Waals surface area contributed by atoms with Gasteiger partial charge in [-0.1, -0.05) is 13.3 Å². The van der Waals surface area contributed by atoms with Gasteiger partial charge in [-0.05, 0) is 25.0 Å². The molecule has 0 atom stereocenters. The topological polar surface area (TPSA) is 92.3 Å². The summed E-state index contributed by atoms with van der Waals surface area (Å²) in [6.45, 7) is 0.313. The van der Waals surface area contributed by atoms with Crippen molar-refractivity contribution in [2.24, 2.45) is 0 Å². The predicted molar refractivity (Wildman–Crippen MR) is 79.5 cm³/mol. The Morgan fingerprint density at radius 3 is 2.67 bits per heavy atom. The number of carboxylic acids is 1. The largest absolute Gasteiger partial charge is 0.483 e. The van der Waals surface area contributed by atoms with Crippen molar-refractivity contribution >= 4 is 17.0 Å². The second-order valence-electron chi connectivity index (χ2n) is 5.16. The molecule has 1 aromatic carbocycles. The van der Waals surface area contributed by atoms with Crippen LogP contribution in [0.3, 0.4) is 0 Å². The molecule has 2 rings (SSSR count). The van der Waals surface area contributed by atoms with E-state index in [0.29, 0.717) is 6.42 Å². The molecular weight excluding hydrogens is 329 g/mol. The van der Waals surface area contributed by atoms with E-state index in [9.17, 15) is 27.9 Å². The van der Waals surface area contributed by atoms with Crippen LogP contribution in [0, 0.1) is 0 Å². The fourth-order valence-electron chi connectivity index (χ4n) is 2.18. The number of aromatic carboxylic acids is 1. The molecule has 0 aliphatic carbocycles. The number of hydrogen-bond acceptors (Lipinski definition) is 4. The SMILES string of the molecule is CCCCc1nc2ccc(OCC(F)(F)F)c(C(=O)O)c2[nH]c1=O. The number of nitrogens with zero attached hydrogens (tertiary/aromatic N) is 1. The van der Waals surface area contributed by atoms with E-state index < -0.39 is 35.6 Å². The van der Waals surface area contributed by atoms with Crippen LogP contribution in [-0.2, 0) is 6.42 Å². The lowest BCUT2D eigenvalue weighted by Crippen LogP contribution is -2.21. The van der Waals surface area contributed by atoms with E-state index in [1.165, 1.54) is 6.07 Å². The van der Waals surface area contributed by atoms with Crippen LogP contribution in [0.5, 0.6) is 5.75 Å².